The van der Waals surface area contributed by atoms with Gasteiger partial charge >= 0.3 is 0 Å². The number of amides is 1. The van der Waals surface area contributed by atoms with Gasteiger partial charge in [0.2, 0.25) is 5.91 Å². The number of hydrogen-bond acceptors (Lipinski definition) is 4. The van der Waals surface area contributed by atoms with Gasteiger partial charge in [0.05, 0.1) is 11.8 Å². The summed E-state index contributed by atoms with van der Waals surface area (Å²) >= 11 is 0. The molecule has 0 aliphatic carbocycles. The molecule has 0 saturated carbocycles. The number of benzene rings is 1. The summed E-state index contributed by atoms with van der Waals surface area (Å²) in [5.41, 5.74) is 9.29. The Hall–Kier alpha value is -1.86. The van der Waals surface area contributed by atoms with Gasteiger partial charge in [0, 0.05) is 29.9 Å². The third-order valence-electron chi connectivity index (χ3n) is 4.10. The number of para-hydroxylation sites is 1. The van der Waals surface area contributed by atoms with Crippen LogP contribution < -0.4 is 11.1 Å². The molecule has 0 fully saturated rings. The average Bonchev–Trinajstić information content (AvgIpc) is 2.95. The highest BCUT2D eigenvalue weighted by Crippen LogP contribution is 2.22. The number of aromatic amines is 1. The van der Waals surface area contributed by atoms with E-state index < -0.39 is 15.9 Å². The van der Waals surface area contributed by atoms with Crippen LogP contribution in [0, 0.1) is 0 Å². The molecule has 2 rings (SSSR count). The number of hydrogen-bond donors (Lipinski definition) is 3. The normalized spacial score (nSPS) is 13.1. The molecule has 7 heteroatoms. The molecule has 1 atom stereocenters. The third-order valence-corrected chi connectivity index (χ3v) is 5.08. The number of nitrogens with one attached hydrogen (secondary N) is 2. The number of carbonyl (C=O) groups is 1. The Labute approximate surface area is 142 Å². The van der Waals surface area contributed by atoms with Crippen LogP contribution in [0.2, 0.25) is 0 Å². The molecule has 1 heterocycles. The van der Waals surface area contributed by atoms with Crippen molar-refractivity contribution >= 4 is 26.6 Å². The van der Waals surface area contributed by atoms with E-state index in [9.17, 15) is 13.2 Å². The van der Waals surface area contributed by atoms with E-state index in [2.05, 4.69) is 29.4 Å². The van der Waals surface area contributed by atoms with Gasteiger partial charge in [-0.3, -0.25) is 4.79 Å². The summed E-state index contributed by atoms with van der Waals surface area (Å²) in [6.45, 7) is 2.59. The molecule has 0 saturated heterocycles. The Morgan fingerprint density at radius 3 is 2.75 bits per heavy atom. The Morgan fingerprint density at radius 1 is 1.33 bits per heavy atom. The first-order chi connectivity index (χ1) is 11.3. The fraction of sp³-hybridized carbons (Fsp3) is 0.471. The number of fused-ring (bicyclic) bond motifs is 1. The van der Waals surface area contributed by atoms with Crippen molar-refractivity contribution in [3.8, 4) is 0 Å². The van der Waals surface area contributed by atoms with Crippen LogP contribution >= 0.6 is 0 Å². The summed E-state index contributed by atoms with van der Waals surface area (Å²) in [4.78, 5) is 15.2. The van der Waals surface area contributed by atoms with Gasteiger partial charge in [0.25, 0.3) is 0 Å². The molecular formula is C17H25N3O3S. The summed E-state index contributed by atoms with van der Waals surface area (Å²) < 4.78 is 22.2. The third kappa shape index (κ3) is 4.82. The van der Waals surface area contributed by atoms with Crippen molar-refractivity contribution in [1.29, 1.82) is 0 Å². The van der Waals surface area contributed by atoms with Crippen LogP contribution in [0.5, 0.6) is 0 Å². The first kappa shape index (κ1) is 18.5. The second kappa shape index (κ2) is 7.81. The van der Waals surface area contributed by atoms with Crippen LogP contribution in [0.25, 0.3) is 10.9 Å². The molecule has 24 heavy (non-hydrogen) atoms. The van der Waals surface area contributed by atoms with Gasteiger partial charge in [-0.15, -0.1) is 0 Å². The van der Waals surface area contributed by atoms with E-state index in [0.717, 1.165) is 23.8 Å². The number of aromatic nitrogens is 1. The molecule has 4 N–H and O–H groups in total. The van der Waals surface area contributed by atoms with E-state index in [1.807, 2.05) is 12.3 Å². The first-order valence-corrected chi connectivity index (χ1v) is 10.2. The molecule has 0 aliphatic rings. The maximum atomic E-state index is 11.9. The van der Waals surface area contributed by atoms with Crippen LogP contribution in [0.15, 0.2) is 24.4 Å². The summed E-state index contributed by atoms with van der Waals surface area (Å²) in [5.74, 6) is -0.392. The molecule has 2 aromatic rings. The van der Waals surface area contributed by atoms with Gasteiger partial charge in [0.15, 0.2) is 0 Å². The van der Waals surface area contributed by atoms with E-state index in [0.29, 0.717) is 13.0 Å². The van der Waals surface area contributed by atoms with Gasteiger partial charge < -0.3 is 16.0 Å². The highest BCUT2D eigenvalue weighted by Gasteiger charge is 2.15. The van der Waals surface area contributed by atoms with Gasteiger partial charge in [-0.1, -0.05) is 25.1 Å². The molecule has 1 amide bonds. The van der Waals surface area contributed by atoms with E-state index in [1.54, 1.807) is 0 Å². The quantitative estimate of drug-likeness (QED) is 0.663. The van der Waals surface area contributed by atoms with Crippen molar-refractivity contribution in [2.45, 2.75) is 32.2 Å². The number of rotatable bonds is 8. The monoisotopic (exact) mass is 351 g/mol. The lowest BCUT2D eigenvalue weighted by Crippen LogP contribution is -2.42. The molecule has 0 spiro atoms. The Bertz CT molecular complexity index is 812. The van der Waals surface area contributed by atoms with Gasteiger partial charge in [-0.2, -0.15) is 0 Å². The number of carbonyl (C=O) groups excluding carboxylic acids is 1. The number of nitrogens with two attached hydrogens (primary N) is 1. The lowest BCUT2D eigenvalue weighted by Gasteiger charge is -2.11. The smallest absolute Gasteiger partial charge is 0.236 e. The highest BCUT2D eigenvalue weighted by atomic mass is 32.2. The number of sulfone groups is 1. The standard InChI is InChI=1S/C17H25N3O3S/c1-3-12-5-4-6-14-13(11-20-16(12)14)7-9-19-17(21)15(18)8-10-24(2,22)23/h4-6,11,15,20H,3,7-10,18H2,1-2H3,(H,19,21). The number of H-pyrrole nitrogens is 1. The minimum atomic E-state index is -3.10. The predicted octanol–water partition coefficient (Wildman–Crippen LogP) is 1.15. The van der Waals surface area contributed by atoms with E-state index in [4.69, 9.17) is 5.73 Å². The van der Waals surface area contributed by atoms with E-state index in [1.165, 1.54) is 10.9 Å². The minimum Gasteiger partial charge on any atom is -0.361 e. The van der Waals surface area contributed by atoms with Crippen molar-refractivity contribution in [3.05, 3.63) is 35.5 Å². The lowest BCUT2D eigenvalue weighted by molar-refractivity contribution is -0.122. The molecule has 1 aromatic heterocycles. The van der Waals surface area contributed by atoms with Crippen molar-refractivity contribution in [2.75, 3.05) is 18.6 Å². The second-order valence-corrected chi connectivity index (χ2v) is 8.33. The van der Waals surface area contributed by atoms with E-state index >= 15 is 0 Å². The zero-order valence-corrected chi connectivity index (χ0v) is 14.9. The van der Waals surface area contributed by atoms with E-state index in [-0.39, 0.29) is 18.1 Å². The van der Waals surface area contributed by atoms with Gasteiger partial charge in [0.1, 0.15) is 9.84 Å². The Morgan fingerprint density at radius 2 is 2.08 bits per heavy atom. The van der Waals surface area contributed by atoms with Crippen molar-refractivity contribution in [3.63, 3.8) is 0 Å². The van der Waals surface area contributed by atoms with Crippen molar-refractivity contribution in [2.24, 2.45) is 5.73 Å². The maximum absolute atomic E-state index is 11.9. The van der Waals surface area contributed by atoms with Gasteiger partial charge in [-0.05, 0) is 30.4 Å². The first-order valence-electron chi connectivity index (χ1n) is 8.10. The SMILES string of the molecule is CCc1cccc2c(CCNC(=O)C(N)CCS(C)(=O)=O)c[nH]c12. The number of aryl methyl sites for hydroxylation is 1. The Kier molecular flexibility index (Phi) is 6.01. The fourth-order valence-corrected chi connectivity index (χ4v) is 3.38. The average molecular weight is 351 g/mol. The molecule has 1 unspecified atom stereocenters. The molecule has 0 bridgehead atoms. The topological polar surface area (TPSA) is 105 Å². The minimum absolute atomic E-state index is 0.0795. The van der Waals surface area contributed by atoms with Crippen LogP contribution in [-0.4, -0.2) is 43.9 Å². The maximum Gasteiger partial charge on any atom is 0.236 e. The second-order valence-electron chi connectivity index (χ2n) is 6.07. The van der Waals surface area contributed by atoms with Gasteiger partial charge in [-0.25, -0.2) is 8.42 Å². The lowest BCUT2D eigenvalue weighted by atomic mass is 10.1. The van der Waals surface area contributed by atoms with Crippen LogP contribution in [0.4, 0.5) is 0 Å². The zero-order chi connectivity index (χ0) is 17.7. The van der Waals surface area contributed by atoms with Crippen LogP contribution in [0.3, 0.4) is 0 Å². The van der Waals surface area contributed by atoms with Crippen LogP contribution in [0.1, 0.15) is 24.5 Å². The summed E-state index contributed by atoms with van der Waals surface area (Å²) in [6, 6.07) is 5.41. The Balaban J connectivity index is 1.89. The molecular weight excluding hydrogens is 326 g/mol. The summed E-state index contributed by atoms with van der Waals surface area (Å²) in [7, 11) is -3.10. The molecule has 6 nitrogen and oxygen atoms in total. The van der Waals surface area contributed by atoms with Crippen LogP contribution in [-0.2, 0) is 27.5 Å². The molecule has 132 valence electrons. The molecule has 0 aliphatic heterocycles. The molecule has 0 radical (unpaired) electrons. The van der Waals surface area contributed by atoms with Crippen molar-refractivity contribution < 1.29 is 13.2 Å². The zero-order valence-electron chi connectivity index (χ0n) is 14.1. The summed E-state index contributed by atoms with van der Waals surface area (Å²) in [5, 5.41) is 3.95. The largest absolute Gasteiger partial charge is 0.361 e. The predicted molar refractivity (Wildman–Crippen MR) is 96.7 cm³/mol. The highest BCUT2D eigenvalue weighted by molar-refractivity contribution is 7.90. The summed E-state index contributed by atoms with van der Waals surface area (Å²) in [6.07, 6.45) is 4.90. The fourth-order valence-electron chi connectivity index (χ4n) is 2.70. The molecule has 1 aromatic carbocycles. The van der Waals surface area contributed by atoms with Crippen molar-refractivity contribution in [1.82, 2.24) is 10.3 Å².